The summed E-state index contributed by atoms with van der Waals surface area (Å²) in [6, 6.07) is 13.0. The third-order valence-corrected chi connectivity index (χ3v) is 6.39. The molecule has 0 aliphatic carbocycles. The van der Waals surface area contributed by atoms with Crippen molar-refractivity contribution in [3.05, 3.63) is 72.3 Å². The Labute approximate surface area is 219 Å². The van der Waals surface area contributed by atoms with E-state index in [-0.39, 0.29) is 23.5 Å². The molecule has 1 aromatic heterocycles. The summed E-state index contributed by atoms with van der Waals surface area (Å²) >= 11 is 5.68. The quantitative estimate of drug-likeness (QED) is 0.429. The van der Waals surface area contributed by atoms with Crippen molar-refractivity contribution < 1.29 is 18.7 Å². The molecule has 0 radical (unpaired) electrons. The van der Waals surface area contributed by atoms with E-state index < -0.39 is 17.8 Å². The van der Waals surface area contributed by atoms with E-state index in [9.17, 15) is 14.0 Å². The van der Waals surface area contributed by atoms with E-state index in [2.05, 4.69) is 15.3 Å². The SMILES string of the molecule is COc1ncc(NC(=O)CC2C(=O)N(c3ccc(F)cc3)C(=S)N2CCc2ccc(N(C)C)cc2)cn1. The van der Waals surface area contributed by atoms with Crippen LogP contribution >= 0.6 is 12.2 Å². The third-order valence-electron chi connectivity index (χ3n) is 5.97. The van der Waals surface area contributed by atoms with Gasteiger partial charge < -0.3 is 19.9 Å². The first-order chi connectivity index (χ1) is 17.8. The lowest BCUT2D eigenvalue weighted by molar-refractivity contribution is -0.124. The highest BCUT2D eigenvalue weighted by molar-refractivity contribution is 7.80. The van der Waals surface area contributed by atoms with E-state index in [1.54, 1.807) is 4.90 Å². The van der Waals surface area contributed by atoms with E-state index in [1.807, 2.05) is 43.3 Å². The van der Waals surface area contributed by atoms with Gasteiger partial charge in [0.05, 0.1) is 37.3 Å². The largest absolute Gasteiger partial charge is 0.467 e. The number of nitrogens with one attached hydrogen (secondary N) is 1. The van der Waals surface area contributed by atoms with Crippen LogP contribution < -0.4 is 19.9 Å². The number of anilines is 3. The molecule has 1 aliphatic heterocycles. The Morgan fingerprint density at radius 1 is 1.11 bits per heavy atom. The monoisotopic (exact) mass is 522 g/mol. The van der Waals surface area contributed by atoms with Gasteiger partial charge in [-0.2, -0.15) is 0 Å². The molecule has 2 heterocycles. The predicted molar refractivity (Wildman–Crippen MR) is 143 cm³/mol. The molecule has 2 amide bonds. The van der Waals surface area contributed by atoms with Crippen LogP contribution in [0.25, 0.3) is 0 Å². The minimum absolute atomic E-state index is 0.137. The summed E-state index contributed by atoms with van der Waals surface area (Å²) in [5, 5.41) is 2.98. The van der Waals surface area contributed by atoms with Gasteiger partial charge in [-0.05, 0) is 60.6 Å². The van der Waals surface area contributed by atoms with Crippen LogP contribution in [0.3, 0.4) is 0 Å². The Hall–Kier alpha value is -4.12. The van der Waals surface area contributed by atoms with Gasteiger partial charge in [-0.25, -0.2) is 14.4 Å². The van der Waals surface area contributed by atoms with E-state index in [0.717, 1.165) is 11.3 Å². The van der Waals surface area contributed by atoms with E-state index in [0.29, 0.717) is 24.3 Å². The van der Waals surface area contributed by atoms with E-state index in [1.165, 1.54) is 48.7 Å². The van der Waals surface area contributed by atoms with Gasteiger partial charge in [0.2, 0.25) is 5.91 Å². The fraction of sp³-hybridized carbons (Fsp3) is 0.269. The van der Waals surface area contributed by atoms with Crippen molar-refractivity contribution >= 4 is 46.2 Å². The second-order valence-electron chi connectivity index (χ2n) is 8.66. The van der Waals surface area contributed by atoms with Crippen LogP contribution in [-0.2, 0) is 16.0 Å². The van der Waals surface area contributed by atoms with Crippen LogP contribution in [-0.4, -0.2) is 65.6 Å². The van der Waals surface area contributed by atoms with E-state index in [4.69, 9.17) is 17.0 Å². The normalized spacial score (nSPS) is 15.2. The molecule has 9 nitrogen and oxygen atoms in total. The lowest BCUT2D eigenvalue weighted by Gasteiger charge is -2.24. The van der Waals surface area contributed by atoms with Crippen LogP contribution in [0.4, 0.5) is 21.5 Å². The van der Waals surface area contributed by atoms with Crippen molar-refractivity contribution in [3.63, 3.8) is 0 Å². The first-order valence-corrected chi connectivity index (χ1v) is 12.0. The number of hydrogen-bond donors (Lipinski definition) is 1. The van der Waals surface area contributed by atoms with Gasteiger partial charge in [0.25, 0.3) is 5.91 Å². The van der Waals surface area contributed by atoms with E-state index >= 15 is 0 Å². The third kappa shape index (κ3) is 6.00. The molecule has 1 atom stereocenters. The summed E-state index contributed by atoms with van der Waals surface area (Å²) in [5.41, 5.74) is 2.97. The lowest BCUT2D eigenvalue weighted by atomic mass is 10.1. The van der Waals surface area contributed by atoms with Gasteiger partial charge >= 0.3 is 6.01 Å². The summed E-state index contributed by atoms with van der Waals surface area (Å²) < 4.78 is 18.4. The molecule has 1 saturated heterocycles. The number of carbonyl (C=O) groups is 2. The molecule has 11 heteroatoms. The molecule has 2 aromatic carbocycles. The Morgan fingerprint density at radius 3 is 2.35 bits per heavy atom. The standard InChI is InChI=1S/C26H27FN6O3S/c1-31(2)20-8-4-17(5-9-20)12-13-32-22(14-23(34)30-19-15-28-25(36-3)29-16-19)24(35)33(26(32)37)21-10-6-18(27)7-11-21/h4-11,15-16,22H,12-14H2,1-3H3,(H,30,34). The smallest absolute Gasteiger partial charge is 0.316 e. The molecular weight excluding hydrogens is 495 g/mol. The molecule has 0 bridgehead atoms. The molecule has 1 fully saturated rings. The fourth-order valence-corrected chi connectivity index (χ4v) is 4.41. The summed E-state index contributed by atoms with van der Waals surface area (Å²) in [6.45, 7) is 0.424. The second kappa shape index (κ2) is 11.3. The van der Waals surface area contributed by atoms with Crippen LogP contribution in [0.15, 0.2) is 60.9 Å². The van der Waals surface area contributed by atoms with Gasteiger partial charge in [0, 0.05) is 26.3 Å². The Kier molecular flexibility index (Phi) is 7.92. The number of benzene rings is 2. The fourth-order valence-electron chi connectivity index (χ4n) is 4.00. The van der Waals surface area contributed by atoms with Crippen molar-refractivity contribution in [2.75, 3.05) is 42.9 Å². The number of methoxy groups -OCH3 is 1. The van der Waals surface area contributed by atoms with Gasteiger partial charge in [-0.1, -0.05) is 12.1 Å². The summed E-state index contributed by atoms with van der Waals surface area (Å²) in [6.07, 6.45) is 3.32. The van der Waals surface area contributed by atoms with Crippen LogP contribution in [0, 0.1) is 5.82 Å². The van der Waals surface area contributed by atoms with Gasteiger partial charge in [0.15, 0.2) is 5.11 Å². The first kappa shape index (κ1) is 26.0. The van der Waals surface area contributed by atoms with Crippen molar-refractivity contribution in [1.82, 2.24) is 14.9 Å². The Bertz CT molecular complexity index is 1270. The molecule has 1 aliphatic rings. The zero-order valence-corrected chi connectivity index (χ0v) is 21.5. The number of halogens is 1. The first-order valence-electron chi connectivity index (χ1n) is 11.6. The number of amides is 2. The average molecular weight is 523 g/mol. The zero-order valence-electron chi connectivity index (χ0n) is 20.7. The minimum atomic E-state index is -0.822. The molecule has 1 unspecified atom stereocenters. The number of hydrogen-bond acceptors (Lipinski definition) is 7. The number of aromatic nitrogens is 2. The number of rotatable bonds is 9. The zero-order chi connectivity index (χ0) is 26.5. The highest BCUT2D eigenvalue weighted by atomic mass is 32.1. The summed E-state index contributed by atoms with van der Waals surface area (Å²) in [5.74, 6) is -1.16. The predicted octanol–water partition coefficient (Wildman–Crippen LogP) is 3.26. The molecular formula is C26H27FN6O3S. The van der Waals surface area contributed by atoms with Crippen molar-refractivity contribution in [2.24, 2.45) is 0 Å². The molecule has 0 spiro atoms. The topological polar surface area (TPSA) is 90.9 Å². The molecule has 0 saturated carbocycles. The van der Waals surface area contributed by atoms with Crippen LogP contribution in [0.5, 0.6) is 6.01 Å². The second-order valence-corrected chi connectivity index (χ2v) is 9.03. The van der Waals surface area contributed by atoms with Crippen molar-refractivity contribution in [3.8, 4) is 6.01 Å². The summed E-state index contributed by atoms with van der Waals surface area (Å²) in [4.78, 5) is 39.5. The van der Waals surface area contributed by atoms with Gasteiger partial charge in [-0.3, -0.25) is 14.5 Å². The Morgan fingerprint density at radius 2 is 1.76 bits per heavy atom. The molecule has 3 aromatic rings. The number of carbonyl (C=O) groups excluding carboxylic acids is 2. The highest BCUT2D eigenvalue weighted by Gasteiger charge is 2.43. The van der Waals surface area contributed by atoms with Gasteiger partial charge in [-0.15, -0.1) is 0 Å². The van der Waals surface area contributed by atoms with Crippen molar-refractivity contribution in [2.45, 2.75) is 18.9 Å². The van der Waals surface area contributed by atoms with Crippen LogP contribution in [0.2, 0.25) is 0 Å². The minimum Gasteiger partial charge on any atom is -0.467 e. The number of nitrogens with zero attached hydrogens (tertiary/aromatic N) is 5. The molecule has 192 valence electrons. The number of thiocarbonyl (C=S) groups is 1. The summed E-state index contributed by atoms with van der Waals surface area (Å²) in [7, 11) is 5.39. The van der Waals surface area contributed by atoms with Crippen molar-refractivity contribution in [1.29, 1.82) is 0 Å². The average Bonchev–Trinajstić information content (AvgIpc) is 3.12. The maximum absolute atomic E-state index is 13.5. The molecule has 1 N–H and O–H groups in total. The maximum atomic E-state index is 13.5. The lowest BCUT2D eigenvalue weighted by Crippen LogP contribution is -2.39. The molecule has 4 rings (SSSR count). The van der Waals surface area contributed by atoms with Gasteiger partial charge in [0.1, 0.15) is 11.9 Å². The van der Waals surface area contributed by atoms with Crippen LogP contribution in [0.1, 0.15) is 12.0 Å². The molecule has 37 heavy (non-hydrogen) atoms. The maximum Gasteiger partial charge on any atom is 0.316 e. The Balaban J connectivity index is 1.53. The number of ether oxygens (including phenoxy) is 1. The highest BCUT2D eigenvalue weighted by Crippen LogP contribution is 2.28.